The monoisotopic (exact) mass is 685 g/mol. The van der Waals surface area contributed by atoms with E-state index < -0.39 is 52.0 Å². The summed E-state index contributed by atoms with van der Waals surface area (Å²) < 4.78 is 28.5. The zero-order valence-electron chi connectivity index (χ0n) is 27.2. The molecule has 1 fully saturated rings. The summed E-state index contributed by atoms with van der Waals surface area (Å²) in [6.45, 7) is 8.58. The van der Waals surface area contributed by atoms with Crippen LogP contribution in [0.1, 0.15) is 44.0 Å². The topological polar surface area (TPSA) is 160 Å². The third-order valence-corrected chi connectivity index (χ3v) is 10.5. The summed E-state index contributed by atoms with van der Waals surface area (Å²) in [4.78, 5) is 47.1. The molecule has 2 heterocycles. The summed E-state index contributed by atoms with van der Waals surface area (Å²) in [6, 6.07) is 11.7. The third-order valence-electron chi connectivity index (χ3n) is 7.83. The van der Waals surface area contributed by atoms with Crippen LogP contribution in [0.3, 0.4) is 0 Å². The second kappa shape index (κ2) is 15.4. The lowest BCUT2D eigenvalue weighted by molar-refractivity contribution is -0.129. The molecule has 0 saturated carbocycles. The van der Waals surface area contributed by atoms with E-state index in [1.54, 1.807) is 19.2 Å². The van der Waals surface area contributed by atoms with Crippen molar-refractivity contribution >= 4 is 39.2 Å². The van der Waals surface area contributed by atoms with Crippen molar-refractivity contribution in [3.8, 4) is 5.75 Å². The average molecular weight is 686 g/mol. The molecule has 4 amide bonds. The maximum Gasteiger partial charge on any atom is 0.328 e. The normalized spacial score (nSPS) is 15.9. The number of aliphatic hydroxyl groups excluding tert-OH is 1. The number of carbonyl (C=O) groups is 3. The van der Waals surface area contributed by atoms with Gasteiger partial charge < -0.3 is 20.4 Å². The van der Waals surface area contributed by atoms with Gasteiger partial charge >= 0.3 is 6.03 Å². The summed E-state index contributed by atoms with van der Waals surface area (Å²) in [6.07, 6.45) is -1.17. The van der Waals surface area contributed by atoms with Crippen LogP contribution in [0, 0.1) is 18.8 Å². The molecule has 0 unspecified atom stereocenters. The first-order chi connectivity index (χ1) is 22.2. The van der Waals surface area contributed by atoms with E-state index >= 15 is 0 Å². The van der Waals surface area contributed by atoms with Crippen LogP contribution in [-0.4, -0.2) is 93.4 Å². The highest BCUT2D eigenvalue weighted by Crippen LogP contribution is 2.24. The molecule has 254 valence electrons. The van der Waals surface area contributed by atoms with Crippen molar-refractivity contribution in [1.82, 2.24) is 24.4 Å². The molecule has 47 heavy (non-hydrogen) atoms. The predicted molar refractivity (Wildman–Crippen MR) is 178 cm³/mol. The summed E-state index contributed by atoms with van der Waals surface area (Å²) in [7, 11) is -4.08. The Morgan fingerprint density at radius 2 is 1.70 bits per heavy atom. The number of rotatable bonds is 15. The number of phenolic OH excluding ortho intramolecular Hbond substituents is 1. The smallest absolute Gasteiger partial charge is 0.328 e. The van der Waals surface area contributed by atoms with E-state index in [9.17, 15) is 33.0 Å². The number of carbonyl (C=O) groups excluding carboxylic acids is 3. The fraction of sp³-hybridized carbons (Fsp3) is 0.455. The number of benzene rings is 2. The molecule has 1 aliphatic heterocycles. The van der Waals surface area contributed by atoms with Gasteiger partial charge in [-0.05, 0) is 55.0 Å². The first kappa shape index (κ1) is 36.0. The SMILES string of the molecule is Cc1nc(CN2C(=O)CN([C@H](C(=O)N[C@@H](Cc3ccccc3)[C@@H](O)CN(CC(C)C)S(=O)(=O)c3ccc(O)cc3)C(C)C)C2=O)cs1. The van der Waals surface area contributed by atoms with E-state index in [1.165, 1.54) is 44.8 Å². The number of amides is 4. The van der Waals surface area contributed by atoms with Crippen molar-refractivity contribution in [1.29, 1.82) is 0 Å². The van der Waals surface area contributed by atoms with Crippen LogP contribution in [0.25, 0.3) is 0 Å². The summed E-state index contributed by atoms with van der Waals surface area (Å²) in [5.74, 6) is -1.57. The molecule has 14 heteroatoms. The van der Waals surface area contributed by atoms with Crippen molar-refractivity contribution in [2.45, 2.75) is 70.7 Å². The van der Waals surface area contributed by atoms with Gasteiger partial charge in [-0.1, -0.05) is 58.0 Å². The number of aromatic nitrogens is 1. The largest absolute Gasteiger partial charge is 0.508 e. The molecule has 3 N–H and O–H groups in total. The number of hydrogen-bond donors (Lipinski definition) is 3. The minimum Gasteiger partial charge on any atom is -0.508 e. The van der Waals surface area contributed by atoms with Crippen LogP contribution < -0.4 is 5.32 Å². The standard InChI is InChI=1S/C33H43N5O7S2/c1-21(2)16-36(47(44,45)27-13-11-26(39)12-14-27)18-29(40)28(15-24-9-7-6-8-10-24)35-32(42)31(22(3)4)38-19-30(41)37(33(38)43)17-25-20-46-23(5)34-25/h6-14,20-22,28-29,31,39-40H,15-19H2,1-5H3,(H,35,42)/t28-,29-,31-/m0/s1. The Bertz CT molecular complexity index is 1640. The van der Waals surface area contributed by atoms with Crippen LogP contribution in [-0.2, 0) is 32.6 Å². The third kappa shape index (κ3) is 8.95. The zero-order valence-corrected chi connectivity index (χ0v) is 28.9. The molecule has 3 atom stereocenters. The number of urea groups is 1. The van der Waals surface area contributed by atoms with E-state index in [4.69, 9.17) is 0 Å². The van der Waals surface area contributed by atoms with Crippen molar-refractivity contribution in [2.24, 2.45) is 11.8 Å². The molecular formula is C33H43N5O7S2. The highest BCUT2D eigenvalue weighted by atomic mass is 32.2. The molecule has 0 radical (unpaired) electrons. The molecule has 1 saturated heterocycles. The minimum absolute atomic E-state index is 0.00147. The lowest BCUT2D eigenvalue weighted by Crippen LogP contribution is -2.57. The van der Waals surface area contributed by atoms with Crippen LogP contribution in [0.15, 0.2) is 64.9 Å². The van der Waals surface area contributed by atoms with E-state index in [1.807, 2.05) is 51.1 Å². The van der Waals surface area contributed by atoms with Gasteiger partial charge in [0.05, 0.1) is 34.3 Å². The number of hydrogen-bond acceptors (Lipinski definition) is 9. The molecule has 12 nitrogen and oxygen atoms in total. The van der Waals surface area contributed by atoms with Gasteiger partial charge in [-0.25, -0.2) is 18.2 Å². The van der Waals surface area contributed by atoms with Crippen LogP contribution in [0.4, 0.5) is 4.79 Å². The average Bonchev–Trinajstić information content (AvgIpc) is 3.54. The van der Waals surface area contributed by atoms with Crippen molar-refractivity contribution in [3.63, 3.8) is 0 Å². The predicted octanol–water partition coefficient (Wildman–Crippen LogP) is 3.38. The van der Waals surface area contributed by atoms with E-state index in [2.05, 4.69) is 10.3 Å². The van der Waals surface area contributed by atoms with E-state index in [0.717, 1.165) is 15.5 Å². The van der Waals surface area contributed by atoms with Crippen molar-refractivity contribution < 1.29 is 33.0 Å². The molecule has 0 aliphatic carbocycles. The second-order valence-corrected chi connectivity index (χ2v) is 15.5. The molecule has 2 aromatic carbocycles. The Balaban J connectivity index is 1.59. The van der Waals surface area contributed by atoms with Gasteiger partial charge in [-0.15, -0.1) is 11.3 Å². The number of thiazole rings is 1. The van der Waals surface area contributed by atoms with E-state index in [-0.39, 0.29) is 49.2 Å². The number of nitrogens with one attached hydrogen (secondary N) is 1. The summed E-state index contributed by atoms with van der Waals surface area (Å²) in [5, 5.41) is 26.8. The summed E-state index contributed by atoms with van der Waals surface area (Å²) >= 11 is 1.41. The van der Waals surface area contributed by atoms with Gasteiger partial charge in [0.2, 0.25) is 15.9 Å². The second-order valence-electron chi connectivity index (χ2n) is 12.5. The quantitative estimate of drug-likeness (QED) is 0.205. The Labute approximate surface area is 280 Å². The Morgan fingerprint density at radius 3 is 2.28 bits per heavy atom. The lowest BCUT2D eigenvalue weighted by atomic mass is 9.97. The summed E-state index contributed by atoms with van der Waals surface area (Å²) in [5.41, 5.74) is 1.38. The van der Waals surface area contributed by atoms with Crippen LogP contribution in [0.5, 0.6) is 5.75 Å². The highest BCUT2D eigenvalue weighted by Gasteiger charge is 2.44. The number of phenols is 1. The highest BCUT2D eigenvalue weighted by molar-refractivity contribution is 7.89. The number of aryl methyl sites for hydroxylation is 1. The van der Waals surface area contributed by atoms with Gasteiger partial charge in [-0.2, -0.15) is 4.31 Å². The molecular weight excluding hydrogens is 643 g/mol. The van der Waals surface area contributed by atoms with Gasteiger partial charge in [0.15, 0.2) is 0 Å². The lowest BCUT2D eigenvalue weighted by Gasteiger charge is -2.34. The number of aromatic hydroxyl groups is 1. The molecule has 3 aromatic rings. The first-order valence-electron chi connectivity index (χ1n) is 15.5. The molecule has 0 bridgehead atoms. The van der Waals surface area contributed by atoms with Gasteiger partial charge in [0.1, 0.15) is 18.3 Å². The molecule has 0 spiro atoms. The first-order valence-corrected chi connectivity index (χ1v) is 17.8. The maximum atomic E-state index is 14.0. The molecule has 4 rings (SSSR count). The number of nitrogens with zero attached hydrogens (tertiary/aromatic N) is 4. The molecule has 1 aliphatic rings. The van der Waals surface area contributed by atoms with E-state index in [0.29, 0.717) is 5.69 Å². The fourth-order valence-electron chi connectivity index (χ4n) is 5.58. The zero-order chi connectivity index (χ0) is 34.5. The van der Waals surface area contributed by atoms with Crippen molar-refractivity contribution in [2.75, 3.05) is 19.6 Å². The Kier molecular flexibility index (Phi) is 11.8. The number of imide groups is 1. The van der Waals surface area contributed by atoms with Gasteiger partial charge in [0, 0.05) is 18.5 Å². The molecule has 1 aromatic heterocycles. The minimum atomic E-state index is -4.08. The maximum absolute atomic E-state index is 14.0. The van der Waals surface area contributed by atoms with Gasteiger partial charge in [0.25, 0.3) is 5.91 Å². The number of aliphatic hydroxyl groups is 1. The van der Waals surface area contributed by atoms with Crippen LogP contribution in [0.2, 0.25) is 0 Å². The van der Waals surface area contributed by atoms with Gasteiger partial charge in [-0.3, -0.25) is 14.5 Å². The Hall–Kier alpha value is -3.85. The number of sulfonamides is 1. The van der Waals surface area contributed by atoms with Crippen LogP contribution >= 0.6 is 11.3 Å². The van der Waals surface area contributed by atoms with Crippen molar-refractivity contribution in [3.05, 3.63) is 76.2 Å². The fourth-order valence-corrected chi connectivity index (χ4v) is 7.81. The Morgan fingerprint density at radius 1 is 1.04 bits per heavy atom.